The predicted molar refractivity (Wildman–Crippen MR) is 76.4 cm³/mol. The first-order valence-electron chi connectivity index (χ1n) is 6.21. The summed E-state index contributed by atoms with van der Waals surface area (Å²) in [7, 11) is 0. The highest BCUT2D eigenvalue weighted by Gasteiger charge is 2.17. The molecule has 0 spiro atoms. The van der Waals surface area contributed by atoms with Crippen LogP contribution in [0.4, 0.5) is 0 Å². The van der Waals surface area contributed by atoms with E-state index in [0.717, 1.165) is 17.9 Å². The number of ether oxygens (including phenoxy) is 1. The van der Waals surface area contributed by atoms with Crippen LogP contribution in [0.5, 0.6) is 5.88 Å². The zero-order valence-electron chi connectivity index (χ0n) is 10.6. The van der Waals surface area contributed by atoms with Gasteiger partial charge in [0.15, 0.2) is 0 Å². The molecule has 1 aliphatic heterocycles. The molecule has 1 unspecified atom stereocenters. The van der Waals surface area contributed by atoms with Crippen molar-refractivity contribution in [3.05, 3.63) is 23.9 Å². The minimum atomic E-state index is -0.161. The quantitative estimate of drug-likeness (QED) is 0.657. The van der Waals surface area contributed by atoms with Gasteiger partial charge < -0.3 is 10.1 Å². The Morgan fingerprint density at radius 3 is 3.16 bits per heavy atom. The number of nitrogens with zero attached hydrogens (tertiary/aromatic N) is 1. The van der Waals surface area contributed by atoms with Crippen LogP contribution >= 0.6 is 11.8 Å². The maximum atomic E-state index is 11.7. The SMILES string of the molecule is C#CCCNC(=O)c1ccc(OC2CCSC2)nc1. The molecule has 1 aromatic heterocycles. The number of terminal acetylenes is 1. The first-order chi connectivity index (χ1) is 9.29. The Bertz CT molecular complexity index is 461. The Balaban J connectivity index is 1.86. The van der Waals surface area contributed by atoms with E-state index in [1.54, 1.807) is 12.1 Å². The van der Waals surface area contributed by atoms with Gasteiger partial charge in [-0.1, -0.05) is 0 Å². The number of thioether (sulfide) groups is 1. The van der Waals surface area contributed by atoms with E-state index in [2.05, 4.69) is 16.2 Å². The Morgan fingerprint density at radius 2 is 2.53 bits per heavy atom. The Hall–Kier alpha value is -1.67. The Labute approximate surface area is 117 Å². The van der Waals surface area contributed by atoms with Gasteiger partial charge in [-0.2, -0.15) is 11.8 Å². The summed E-state index contributed by atoms with van der Waals surface area (Å²) in [5.41, 5.74) is 0.519. The molecule has 1 fully saturated rings. The van der Waals surface area contributed by atoms with Gasteiger partial charge in [0.2, 0.25) is 5.88 Å². The number of carbonyl (C=O) groups excluding carboxylic acids is 1. The number of nitrogens with one attached hydrogen (secondary N) is 1. The summed E-state index contributed by atoms with van der Waals surface area (Å²) in [6.45, 7) is 0.479. The number of pyridine rings is 1. The highest BCUT2D eigenvalue weighted by molar-refractivity contribution is 7.99. The van der Waals surface area contributed by atoms with Gasteiger partial charge in [-0.3, -0.25) is 4.79 Å². The van der Waals surface area contributed by atoms with E-state index in [0.29, 0.717) is 24.4 Å². The molecule has 2 rings (SSSR count). The van der Waals surface area contributed by atoms with Crippen LogP contribution in [-0.2, 0) is 0 Å². The lowest BCUT2D eigenvalue weighted by Crippen LogP contribution is -2.24. The van der Waals surface area contributed by atoms with Crippen molar-refractivity contribution in [2.24, 2.45) is 0 Å². The standard InChI is InChI=1S/C14H16N2O2S/c1-2-3-7-15-14(17)11-4-5-13(16-9-11)18-12-6-8-19-10-12/h1,4-5,9,12H,3,6-8,10H2,(H,15,17). The Morgan fingerprint density at radius 1 is 1.63 bits per heavy atom. The van der Waals surface area contributed by atoms with Gasteiger partial charge in [0, 0.05) is 31.0 Å². The van der Waals surface area contributed by atoms with E-state index in [-0.39, 0.29) is 12.0 Å². The summed E-state index contributed by atoms with van der Waals surface area (Å²) >= 11 is 1.89. The van der Waals surface area contributed by atoms with E-state index in [4.69, 9.17) is 11.2 Å². The topological polar surface area (TPSA) is 51.2 Å². The monoisotopic (exact) mass is 276 g/mol. The normalized spacial score (nSPS) is 17.7. The van der Waals surface area contributed by atoms with Gasteiger partial charge in [-0.25, -0.2) is 4.98 Å². The molecule has 100 valence electrons. The van der Waals surface area contributed by atoms with Crippen molar-refractivity contribution in [3.63, 3.8) is 0 Å². The van der Waals surface area contributed by atoms with Crippen LogP contribution in [0.3, 0.4) is 0 Å². The molecule has 0 radical (unpaired) electrons. The number of aromatic nitrogens is 1. The number of hydrogen-bond acceptors (Lipinski definition) is 4. The van der Waals surface area contributed by atoms with Crippen molar-refractivity contribution >= 4 is 17.7 Å². The highest BCUT2D eigenvalue weighted by Crippen LogP contribution is 2.21. The highest BCUT2D eigenvalue weighted by atomic mass is 32.2. The second-order valence-electron chi connectivity index (χ2n) is 4.20. The molecule has 1 saturated heterocycles. The lowest BCUT2D eigenvalue weighted by atomic mass is 10.2. The summed E-state index contributed by atoms with van der Waals surface area (Å²) in [4.78, 5) is 15.9. The van der Waals surface area contributed by atoms with Crippen LogP contribution in [0.2, 0.25) is 0 Å². The maximum Gasteiger partial charge on any atom is 0.252 e. The number of rotatable bonds is 5. The van der Waals surface area contributed by atoms with Crippen molar-refractivity contribution in [2.45, 2.75) is 18.9 Å². The molecule has 2 heterocycles. The van der Waals surface area contributed by atoms with Crippen LogP contribution in [0.15, 0.2) is 18.3 Å². The Kier molecular flexibility index (Phi) is 5.10. The van der Waals surface area contributed by atoms with E-state index < -0.39 is 0 Å². The lowest BCUT2D eigenvalue weighted by Gasteiger charge is -2.11. The molecule has 0 saturated carbocycles. The van der Waals surface area contributed by atoms with Gasteiger partial charge >= 0.3 is 0 Å². The van der Waals surface area contributed by atoms with Gasteiger partial charge in [0.25, 0.3) is 5.91 Å². The van der Waals surface area contributed by atoms with E-state index in [1.165, 1.54) is 6.20 Å². The summed E-state index contributed by atoms with van der Waals surface area (Å²) in [5, 5.41) is 2.73. The molecule has 0 aliphatic carbocycles. The summed E-state index contributed by atoms with van der Waals surface area (Å²) < 4.78 is 5.72. The fourth-order valence-electron chi connectivity index (χ4n) is 1.71. The third kappa shape index (κ3) is 4.18. The molecule has 5 heteroatoms. The van der Waals surface area contributed by atoms with E-state index in [9.17, 15) is 4.79 Å². The first kappa shape index (κ1) is 13.8. The van der Waals surface area contributed by atoms with Crippen LogP contribution in [0.25, 0.3) is 0 Å². The average Bonchev–Trinajstić information content (AvgIpc) is 2.93. The van der Waals surface area contributed by atoms with Crippen molar-refractivity contribution in [1.82, 2.24) is 10.3 Å². The summed E-state index contributed by atoms with van der Waals surface area (Å²) in [6, 6.07) is 3.45. The van der Waals surface area contributed by atoms with E-state index >= 15 is 0 Å². The second kappa shape index (κ2) is 7.05. The number of amides is 1. The van der Waals surface area contributed by atoms with Crippen LogP contribution in [-0.4, -0.2) is 35.0 Å². The third-order valence-electron chi connectivity index (χ3n) is 2.73. The fraction of sp³-hybridized carbons (Fsp3) is 0.429. The molecular formula is C14H16N2O2S. The molecule has 1 aromatic rings. The average molecular weight is 276 g/mol. The van der Waals surface area contributed by atoms with Gasteiger partial charge in [0.1, 0.15) is 6.10 Å². The first-order valence-corrected chi connectivity index (χ1v) is 7.37. The lowest BCUT2D eigenvalue weighted by molar-refractivity contribution is 0.0954. The molecular weight excluding hydrogens is 260 g/mol. The zero-order valence-corrected chi connectivity index (χ0v) is 11.4. The summed E-state index contributed by atoms with van der Waals surface area (Å²) in [5.74, 6) is 5.04. The van der Waals surface area contributed by atoms with Crippen molar-refractivity contribution in [1.29, 1.82) is 0 Å². The molecule has 1 aliphatic rings. The van der Waals surface area contributed by atoms with Gasteiger partial charge in [-0.15, -0.1) is 12.3 Å². The van der Waals surface area contributed by atoms with Crippen LogP contribution in [0.1, 0.15) is 23.2 Å². The minimum absolute atomic E-state index is 0.161. The van der Waals surface area contributed by atoms with Crippen molar-refractivity contribution in [2.75, 3.05) is 18.1 Å². The molecule has 19 heavy (non-hydrogen) atoms. The maximum absolute atomic E-state index is 11.7. The third-order valence-corrected chi connectivity index (χ3v) is 3.86. The smallest absolute Gasteiger partial charge is 0.252 e. The molecule has 1 N–H and O–H groups in total. The molecule has 1 atom stereocenters. The van der Waals surface area contributed by atoms with Gasteiger partial charge in [-0.05, 0) is 18.2 Å². The van der Waals surface area contributed by atoms with Crippen LogP contribution < -0.4 is 10.1 Å². The van der Waals surface area contributed by atoms with Gasteiger partial charge in [0.05, 0.1) is 5.56 Å². The molecule has 1 amide bonds. The van der Waals surface area contributed by atoms with Crippen LogP contribution in [0, 0.1) is 12.3 Å². The molecule has 4 nitrogen and oxygen atoms in total. The van der Waals surface area contributed by atoms with Crippen molar-refractivity contribution < 1.29 is 9.53 Å². The zero-order chi connectivity index (χ0) is 13.5. The number of hydrogen-bond donors (Lipinski definition) is 1. The van der Waals surface area contributed by atoms with Crippen molar-refractivity contribution in [3.8, 4) is 18.2 Å². The largest absolute Gasteiger partial charge is 0.473 e. The summed E-state index contributed by atoms with van der Waals surface area (Å²) in [6.07, 6.45) is 8.48. The molecule has 0 aromatic carbocycles. The fourth-order valence-corrected chi connectivity index (χ4v) is 2.81. The predicted octanol–water partition coefficient (Wildman–Crippen LogP) is 1.72. The second-order valence-corrected chi connectivity index (χ2v) is 5.35. The minimum Gasteiger partial charge on any atom is -0.473 e. The molecule has 0 bridgehead atoms. The van der Waals surface area contributed by atoms with E-state index in [1.807, 2.05) is 11.8 Å². The number of carbonyl (C=O) groups is 1.